The Hall–Kier alpha value is -3.64. The van der Waals surface area contributed by atoms with Crippen molar-refractivity contribution in [1.82, 2.24) is 19.4 Å². The van der Waals surface area contributed by atoms with E-state index in [0.717, 1.165) is 48.7 Å². The van der Waals surface area contributed by atoms with Gasteiger partial charge in [0.2, 0.25) is 0 Å². The fourth-order valence-electron chi connectivity index (χ4n) is 4.52. The van der Waals surface area contributed by atoms with Gasteiger partial charge in [-0.2, -0.15) is 0 Å². The number of hydrogen-bond acceptors (Lipinski definition) is 3. The lowest BCUT2D eigenvalue weighted by Crippen LogP contribution is -2.49. The molecular weight excluding hydrogens is 422 g/mol. The van der Waals surface area contributed by atoms with E-state index in [4.69, 9.17) is 4.98 Å². The van der Waals surface area contributed by atoms with Crippen molar-refractivity contribution in [3.8, 4) is 0 Å². The molecule has 0 saturated carbocycles. The fourth-order valence-corrected chi connectivity index (χ4v) is 4.52. The number of fused-ring (bicyclic) bond motifs is 1. The van der Waals surface area contributed by atoms with Crippen molar-refractivity contribution in [1.29, 1.82) is 0 Å². The number of amides is 2. The highest BCUT2D eigenvalue weighted by Crippen LogP contribution is 2.20. The maximum absolute atomic E-state index is 12.8. The SMILES string of the molecule is Cc1ccc(NC(=O)N2CCN(Cc3nc4ccccc4n3Cc3ccccc3)CC2)cc1C. The molecule has 34 heavy (non-hydrogen) atoms. The van der Waals surface area contributed by atoms with Crippen LogP contribution in [0.3, 0.4) is 0 Å². The number of aromatic nitrogens is 2. The minimum Gasteiger partial charge on any atom is -0.322 e. The summed E-state index contributed by atoms with van der Waals surface area (Å²) < 4.78 is 2.32. The highest BCUT2D eigenvalue weighted by atomic mass is 16.2. The third-order valence-electron chi connectivity index (χ3n) is 6.70. The van der Waals surface area contributed by atoms with E-state index in [0.29, 0.717) is 13.1 Å². The van der Waals surface area contributed by atoms with Gasteiger partial charge in [-0.25, -0.2) is 9.78 Å². The first-order valence-electron chi connectivity index (χ1n) is 11.9. The van der Waals surface area contributed by atoms with Crippen LogP contribution >= 0.6 is 0 Å². The Labute approximate surface area is 200 Å². The fraction of sp³-hybridized carbons (Fsp3) is 0.286. The molecule has 2 amide bonds. The van der Waals surface area contributed by atoms with Gasteiger partial charge in [-0.1, -0.05) is 48.5 Å². The second-order valence-electron chi connectivity index (χ2n) is 9.08. The van der Waals surface area contributed by atoms with Crippen LogP contribution in [0.15, 0.2) is 72.8 Å². The number of aryl methyl sites for hydroxylation is 2. The Balaban J connectivity index is 1.25. The quantitative estimate of drug-likeness (QED) is 0.460. The third-order valence-corrected chi connectivity index (χ3v) is 6.70. The van der Waals surface area contributed by atoms with Gasteiger partial charge in [0, 0.05) is 38.4 Å². The Bertz CT molecular complexity index is 1290. The van der Waals surface area contributed by atoms with Gasteiger partial charge in [0.25, 0.3) is 0 Å². The summed E-state index contributed by atoms with van der Waals surface area (Å²) in [4.78, 5) is 22.0. The predicted molar refractivity (Wildman–Crippen MR) is 137 cm³/mol. The molecule has 1 fully saturated rings. The molecule has 0 bridgehead atoms. The second-order valence-corrected chi connectivity index (χ2v) is 9.08. The zero-order valence-corrected chi connectivity index (χ0v) is 19.9. The summed E-state index contributed by atoms with van der Waals surface area (Å²) in [5.41, 5.74) is 6.71. The standard InChI is InChI=1S/C28H31N5O/c1-21-12-13-24(18-22(21)2)29-28(34)32-16-14-31(15-17-32)20-27-30-25-10-6-7-11-26(25)33(27)19-23-8-4-3-5-9-23/h3-13,18H,14-17,19-20H2,1-2H3,(H,29,34). The highest BCUT2D eigenvalue weighted by molar-refractivity contribution is 5.89. The average Bonchev–Trinajstić information content (AvgIpc) is 3.19. The van der Waals surface area contributed by atoms with Crippen molar-refractivity contribution >= 4 is 22.8 Å². The molecule has 3 aromatic carbocycles. The summed E-state index contributed by atoms with van der Waals surface area (Å²) in [6.45, 7) is 8.78. The zero-order chi connectivity index (χ0) is 23.5. The van der Waals surface area contributed by atoms with Crippen LogP contribution in [0.25, 0.3) is 11.0 Å². The Kier molecular flexibility index (Phi) is 6.32. The van der Waals surface area contributed by atoms with Crippen LogP contribution in [0.2, 0.25) is 0 Å². The number of rotatable bonds is 5. The van der Waals surface area contributed by atoms with Gasteiger partial charge in [-0.15, -0.1) is 0 Å². The molecular formula is C28H31N5O. The molecule has 0 unspecified atom stereocenters. The number of imidazole rings is 1. The number of carbonyl (C=O) groups excluding carboxylic acids is 1. The molecule has 1 aliphatic rings. The molecule has 4 aromatic rings. The van der Waals surface area contributed by atoms with E-state index >= 15 is 0 Å². The molecule has 0 atom stereocenters. The first-order chi connectivity index (χ1) is 16.6. The molecule has 2 heterocycles. The topological polar surface area (TPSA) is 53.4 Å². The molecule has 6 nitrogen and oxygen atoms in total. The first-order valence-corrected chi connectivity index (χ1v) is 11.9. The van der Waals surface area contributed by atoms with Crippen molar-refractivity contribution in [2.24, 2.45) is 0 Å². The second kappa shape index (κ2) is 9.69. The number of urea groups is 1. The zero-order valence-electron chi connectivity index (χ0n) is 19.9. The summed E-state index contributed by atoms with van der Waals surface area (Å²) in [6.07, 6.45) is 0. The summed E-state index contributed by atoms with van der Waals surface area (Å²) in [6, 6.07) is 24.9. The van der Waals surface area contributed by atoms with Crippen molar-refractivity contribution in [3.63, 3.8) is 0 Å². The number of hydrogen-bond donors (Lipinski definition) is 1. The third kappa shape index (κ3) is 4.82. The van der Waals surface area contributed by atoms with Crippen molar-refractivity contribution in [2.75, 3.05) is 31.5 Å². The van der Waals surface area contributed by atoms with Gasteiger partial charge in [-0.3, -0.25) is 4.90 Å². The number of nitrogens with zero attached hydrogens (tertiary/aromatic N) is 4. The number of carbonyl (C=O) groups is 1. The monoisotopic (exact) mass is 453 g/mol. The lowest BCUT2D eigenvalue weighted by molar-refractivity contribution is 0.140. The van der Waals surface area contributed by atoms with E-state index in [1.54, 1.807) is 0 Å². The Morgan fingerprint density at radius 1 is 0.853 bits per heavy atom. The Morgan fingerprint density at radius 2 is 1.59 bits per heavy atom. The molecule has 1 aromatic heterocycles. The Morgan fingerprint density at radius 3 is 2.35 bits per heavy atom. The molecule has 0 spiro atoms. The maximum atomic E-state index is 12.8. The van der Waals surface area contributed by atoms with E-state index in [1.807, 2.05) is 35.2 Å². The molecule has 0 radical (unpaired) electrons. The van der Waals surface area contributed by atoms with Crippen LogP contribution in [0.1, 0.15) is 22.5 Å². The molecule has 174 valence electrons. The lowest BCUT2D eigenvalue weighted by Gasteiger charge is -2.34. The minimum atomic E-state index is -0.0285. The van der Waals surface area contributed by atoms with Gasteiger partial charge in [0.05, 0.1) is 17.6 Å². The van der Waals surface area contributed by atoms with Gasteiger partial charge >= 0.3 is 6.03 Å². The number of anilines is 1. The molecule has 5 rings (SSSR count). The highest BCUT2D eigenvalue weighted by Gasteiger charge is 2.23. The van der Waals surface area contributed by atoms with Crippen molar-refractivity contribution < 1.29 is 4.79 Å². The normalized spacial score (nSPS) is 14.5. The molecule has 1 saturated heterocycles. The van der Waals surface area contributed by atoms with Crippen LogP contribution in [0.4, 0.5) is 10.5 Å². The van der Waals surface area contributed by atoms with Crippen LogP contribution in [-0.2, 0) is 13.1 Å². The first kappa shape index (κ1) is 22.2. The molecule has 1 aliphatic heterocycles. The molecule has 6 heteroatoms. The van der Waals surface area contributed by atoms with Gasteiger partial charge in [-0.05, 0) is 54.8 Å². The summed E-state index contributed by atoms with van der Waals surface area (Å²) in [5, 5.41) is 3.05. The minimum absolute atomic E-state index is 0.0285. The van der Waals surface area contributed by atoms with E-state index in [1.165, 1.54) is 16.7 Å². The number of nitrogens with one attached hydrogen (secondary N) is 1. The van der Waals surface area contributed by atoms with E-state index in [-0.39, 0.29) is 6.03 Å². The number of para-hydroxylation sites is 2. The average molecular weight is 454 g/mol. The summed E-state index contributed by atoms with van der Waals surface area (Å²) in [7, 11) is 0. The van der Waals surface area contributed by atoms with Crippen LogP contribution in [0.5, 0.6) is 0 Å². The van der Waals surface area contributed by atoms with E-state index < -0.39 is 0 Å². The number of benzene rings is 3. The molecule has 0 aliphatic carbocycles. The molecule has 1 N–H and O–H groups in total. The lowest BCUT2D eigenvalue weighted by atomic mass is 10.1. The maximum Gasteiger partial charge on any atom is 0.321 e. The van der Waals surface area contributed by atoms with E-state index in [2.05, 4.69) is 71.1 Å². The number of piperazine rings is 1. The summed E-state index contributed by atoms with van der Waals surface area (Å²) in [5.74, 6) is 1.07. The van der Waals surface area contributed by atoms with E-state index in [9.17, 15) is 4.79 Å². The predicted octanol–water partition coefficient (Wildman–Crippen LogP) is 5.05. The van der Waals surface area contributed by atoms with Gasteiger partial charge in [0.1, 0.15) is 5.82 Å². The summed E-state index contributed by atoms with van der Waals surface area (Å²) >= 11 is 0. The van der Waals surface area contributed by atoms with Gasteiger partial charge < -0.3 is 14.8 Å². The largest absolute Gasteiger partial charge is 0.322 e. The van der Waals surface area contributed by atoms with Crippen LogP contribution < -0.4 is 5.32 Å². The van der Waals surface area contributed by atoms with Crippen LogP contribution in [0, 0.1) is 13.8 Å². The van der Waals surface area contributed by atoms with Crippen molar-refractivity contribution in [2.45, 2.75) is 26.9 Å². The van der Waals surface area contributed by atoms with Gasteiger partial charge in [0.15, 0.2) is 0 Å². The van der Waals surface area contributed by atoms with Crippen LogP contribution in [-0.4, -0.2) is 51.6 Å². The smallest absolute Gasteiger partial charge is 0.321 e. The van der Waals surface area contributed by atoms with Crippen molar-refractivity contribution in [3.05, 3.63) is 95.3 Å².